The molecule has 0 radical (unpaired) electrons. The fraction of sp³-hybridized carbons (Fsp3) is 0.188. The van der Waals surface area contributed by atoms with E-state index in [4.69, 9.17) is 16.3 Å². The molecule has 1 N–H and O–H groups in total. The molecule has 212 valence electrons. The lowest BCUT2D eigenvalue weighted by atomic mass is 10.1. The molecule has 1 amide bonds. The number of nitrogens with one attached hydrogen (secondary N) is 1. The molecule has 0 spiro atoms. The number of nitrogens with zero attached hydrogens (tertiary/aromatic N) is 2. The second kappa shape index (κ2) is 13.5. The Morgan fingerprint density at radius 3 is 2.27 bits per heavy atom. The molecule has 7 nitrogen and oxygen atoms in total. The van der Waals surface area contributed by atoms with E-state index in [1.54, 1.807) is 72.8 Å². The molecule has 0 saturated carbocycles. The Bertz CT molecular complexity index is 1600. The van der Waals surface area contributed by atoms with Crippen LogP contribution in [0, 0.1) is 12.8 Å². The van der Waals surface area contributed by atoms with Crippen LogP contribution in [-0.2, 0) is 16.6 Å². The van der Waals surface area contributed by atoms with Crippen molar-refractivity contribution < 1.29 is 17.9 Å². The van der Waals surface area contributed by atoms with E-state index >= 15 is 0 Å². The first-order valence-electron chi connectivity index (χ1n) is 13.1. The molecule has 0 unspecified atom stereocenters. The first-order chi connectivity index (χ1) is 19.6. The summed E-state index contributed by atoms with van der Waals surface area (Å²) in [6.45, 7) is 6.66. The number of anilines is 1. The summed E-state index contributed by atoms with van der Waals surface area (Å²) in [7, 11) is -4.04. The lowest BCUT2D eigenvalue weighted by Gasteiger charge is -2.26. The molecule has 0 saturated heterocycles. The zero-order valence-corrected chi connectivity index (χ0v) is 24.7. The van der Waals surface area contributed by atoms with Crippen LogP contribution >= 0.6 is 11.6 Å². The minimum Gasteiger partial charge on any atom is -0.493 e. The average molecular weight is 590 g/mol. The predicted molar refractivity (Wildman–Crippen MR) is 164 cm³/mol. The number of ether oxygens (including phenoxy) is 1. The standard InChI is InChI=1S/C32H32ClN3O4S/c1-23(2)22-40-28-16-12-25(13-17-28)20-34-35-32(37)30-6-4-5-7-31(30)36(21-26-10-14-27(33)15-11-26)41(38,39)29-18-8-24(3)9-19-29/h4-20,23H,21-22H2,1-3H3,(H,35,37)/b34-20-. The molecule has 0 atom stereocenters. The highest BCUT2D eigenvalue weighted by atomic mass is 35.5. The lowest BCUT2D eigenvalue weighted by molar-refractivity contribution is 0.0955. The average Bonchev–Trinajstić information content (AvgIpc) is 2.96. The summed E-state index contributed by atoms with van der Waals surface area (Å²) in [5.74, 6) is 0.627. The highest BCUT2D eigenvalue weighted by Gasteiger charge is 2.28. The minimum atomic E-state index is -4.04. The summed E-state index contributed by atoms with van der Waals surface area (Å²) < 4.78 is 34.8. The van der Waals surface area contributed by atoms with Crippen LogP contribution in [0.1, 0.15) is 40.9 Å². The van der Waals surface area contributed by atoms with Gasteiger partial charge in [-0.2, -0.15) is 5.10 Å². The van der Waals surface area contributed by atoms with Crippen LogP contribution in [0.2, 0.25) is 5.02 Å². The topological polar surface area (TPSA) is 88.1 Å². The van der Waals surface area contributed by atoms with Crippen LogP contribution in [0.15, 0.2) is 107 Å². The summed E-state index contributed by atoms with van der Waals surface area (Å²) in [4.78, 5) is 13.4. The van der Waals surface area contributed by atoms with Crippen molar-refractivity contribution in [2.75, 3.05) is 10.9 Å². The third-order valence-electron chi connectivity index (χ3n) is 6.11. The van der Waals surface area contributed by atoms with Crippen molar-refractivity contribution in [2.24, 2.45) is 11.0 Å². The lowest BCUT2D eigenvalue weighted by Crippen LogP contribution is -2.33. The van der Waals surface area contributed by atoms with Crippen molar-refractivity contribution in [1.29, 1.82) is 0 Å². The monoisotopic (exact) mass is 589 g/mol. The largest absolute Gasteiger partial charge is 0.493 e. The Morgan fingerprint density at radius 2 is 1.61 bits per heavy atom. The van der Waals surface area contributed by atoms with Crippen molar-refractivity contribution in [3.63, 3.8) is 0 Å². The predicted octanol–water partition coefficient (Wildman–Crippen LogP) is 6.84. The van der Waals surface area contributed by atoms with E-state index in [1.807, 2.05) is 31.2 Å². The number of rotatable bonds is 11. The van der Waals surface area contributed by atoms with E-state index in [-0.39, 0.29) is 22.7 Å². The van der Waals surface area contributed by atoms with Crippen molar-refractivity contribution in [3.05, 3.63) is 124 Å². The van der Waals surface area contributed by atoms with Crippen LogP contribution in [0.5, 0.6) is 5.75 Å². The number of benzene rings is 4. The van der Waals surface area contributed by atoms with Crippen LogP contribution in [0.25, 0.3) is 0 Å². The van der Waals surface area contributed by atoms with Gasteiger partial charge in [0.15, 0.2) is 0 Å². The maximum atomic E-state index is 13.9. The van der Waals surface area contributed by atoms with Gasteiger partial charge in [0.05, 0.1) is 35.5 Å². The molecule has 9 heteroatoms. The molecule has 0 aliphatic carbocycles. The maximum Gasteiger partial charge on any atom is 0.273 e. The number of para-hydroxylation sites is 1. The minimum absolute atomic E-state index is 0.00777. The molecule has 0 bridgehead atoms. The van der Waals surface area contributed by atoms with Gasteiger partial charge in [-0.05, 0) is 84.6 Å². The van der Waals surface area contributed by atoms with Crippen molar-refractivity contribution in [1.82, 2.24) is 5.43 Å². The molecule has 0 aromatic heterocycles. The third kappa shape index (κ3) is 7.96. The van der Waals surface area contributed by atoms with Crippen molar-refractivity contribution in [3.8, 4) is 5.75 Å². The molecule has 0 aliphatic heterocycles. The molecule has 0 aliphatic rings. The number of sulfonamides is 1. The number of carbonyl (C=O) groups is 1. The number of hydrogen-bond donors (Lipinski definition) is 1. The zero-order valence-electron chi connectivity index (χ0n) is 23.1. The third-order valence-corrected chi connectivity index (χ3v) is 8.13. The smallest absolute Gasteiger partial charge is 0.273 e. The van der Waals surface area contributed by atoms with Gasteiger partial charge in [-0.3, -0.25) is 9.10 Å². The van der Waals surface area contributed by atoms with Gasteiger partial charge in [0, 0.05) is 5.02 Å². The van der Waals surface area contributed by atoms with E-state index in [0.29, 0.717) is 23.1 Å². The molecule has 4 rings (SSSR count). The molecule has 4 aromatic carbocycles. The van der Waals surface area contributed by atoms with Gasteiger partial charge in [0.2, 0.25) is 0 Å². The molecule has 0 heterocycles. The van der Waals surface area contributed by atoms with Crippen molar-refractivity contribution in [2.45, 2.75) is 32.2 Å². The van der Waals surface area contributed by atoms with Crippen LogP contribution in [0.4, 0.5) is 5.69 Å². The molecule has 41 heavy (non-hydrogen) atoms. The van der Waals surface area contributed by atoms with Crippen molar-refractivity contribution >= 4 is 39.4 Å². The maximum absolute atomic E-state index is 13.9. The number of halogens is 1. The molecular weight excluding hydrogens is 558 g/mol. The normalized spacial score (nSPS) is 11.5. The summed E-state index contributed by atoms with van der Waals surface area (Å²) in [5, 5.41) is 4.64. The van der Waals surface area contributed by atoms with E-state index < -0.39 is 15.9 Å². The Hall–Kier alpha value is -4.14. The number of amides is 1. The quantitative estimate of drug-likeness (QED) is 0.153. The van der Waals surface area contributed by atoms with Gasteiger partial charge in [0.1, 0.15) is 5.75 Å². The Labute approximate surface area is 246 Å². The van der Waals surface area contributed by atoms with Gasteiger partial charge < -0.3 is 4.74 Å². The van der Waals surface area contributed by atoms with Gasteiger partial charge in [0.25, 0.3) is 15.9 Å². The van der Waals surface area contributed by atoms with Gasteiger partial charge >= 0.3 is 0 Å². The SMILES string of the molecule is Cc1ccc(S(=O)(=O)N(Cc2ccc(Cl)cc2)c2ccccc2C(=O)N/N=C\c2ccc(OCC(C)C)cc2)cc1. The number of hydrazone groups is 1. The number of carbonyl (C=O) groups excluding carboxylic acids is 1. The second-order valence-corrected chi connectivity index (χ2v) is 12.2. The van der Waals surface area contributed by atoms with E-state index in [1.165, 1.54) is 10.5 Å². The first-order valence-corrected chi connectivity index (χ1v) is 14.9. The summed E-state index contributed by atoms with van der Waals surface area (Å²) in [6, 6.07) is 27.4. The van der Waals surface area contributed by atoms with Gasteiger partial charge in [-0.1, -0.05) is 67.4 Å². The molecular formula is C32H32ClN3O4S. The van der Waals surface area contributed by atoms with E-state index in [9.17, 15) is 13.2 Å². The second-order valence-electron chi connectivity index (χ2n) is 9.94. The summed E-state index contributed by atoms with van der Waals surface area (Å²) in [5.41, 5.74) is 5.32. The van der Waals surface area contributed by atoms with Crippen LogP contribution < -0.4 is 14.5 Å². The fourth-order valence-electron chi connectivity index (χ4n) is 3.91. The van der Waals surface area contributed by atoms with Gasteiger partial charge in [-0.25, -0.2) is 13.8 Å². The number of hydrogen-bond acceptors (Lipinski definition) is 5. The summed E-state index contributed by atoms with van der Waals surface area (Å²) in [6.07, 6.45) is 1.52. The molecule has 4 aromatic rings. The molecule has 0 fully saturated rings. The highest BCUT2D eigenvalue weighted by molar-refractivity contribution is 7.92. The Morgan fingerprint density at radius 1 is 0.951 bits per heavy atom. The first kappa shape index (κ1) is 29.8. The van der Waals surface area contributed by atoms with Crippen LogP contribution in [-0.4, -0.2) is 27.1 Å². The Kier molecular flexibility index (Phi) is 9.81. The van der Waals surface area contributed by atoms with E-state index in [2.05, 4.69) is 24.4 Å². The zero-order chi connectivity index (χ0) is 29.4. The Balaban J connectivity index is 1.60. The highest BCUT2D eigenvalue weighted by Crippen LogP contribution is 2.30. The fourth-order valence-corrected chi connectivity index (χ4v) is 5.51. The number of aryl methyl sites for hydroxylation is 1. The summed E-state index contributed by atoms with van der Waals surface area (Å²) >= 11 is 6.05. The van der Waals surface area contributed by atoms with E-state index in [0.717, 1.165) is 16.9 Å². The van der Waals surface area contributed by atoms with Crippen LogP contribution in [0.3, 0.4) is 0 Å². The van der Waals surface area contributed by atoms with Gasteiger partial charge in [-0.15, -0.1) is 0 Å².